The Labute approximate surface area is 163 Å². The molecule has 0 bridgehead atoms. The molecule has 1 heterocycles. The van der Waals surface area contributed by atoms with E-state index in [2.05, 4.69) is 15.4 Å². The fourth-order valence-electron chi connectivity index (χ4n) is 2.78. The number of ether oxygens (including phenoxy) is 1. The number of anilines is 1. The Hall–Kier alpha value is -2.09. The van der Waals surface area contributed by atoms with Crippen LogP contribution in [0.2, 0.25) is 10.0 Å². The van der Waals surface area contributed by atoms with Crippen LogP contribution in [0.3, 0.4) is 0 Å². The average Bonchev–Trinajstić information content (AvgIpc) is 3.14. The number of methoxy groups -OCH3 is 1. The topological polar surface area (TPSA) is 84.5 Å². The molecule has 0 spiro atoms. The van der Waals surface area contributed by atoms with Gasteiger partial charge >= 0.3 is 6.09 Å². The van der Waals surface area contributed by atoms with Crippen LogP contribution in [-0.2, 0) is 17.6 Å². The first-order valence-electron chi connectivity index (χ1n) is 7.71. The lowest BCUT2D eigenvalue weighted by Gasteiger charge is -2.09. The zero-order valence-corrected chi connectivity index (χ0v) is 16.0. The van der Waals surface area contributed by atoms with Crippen LogP contribution in [0, 0.1) is 0 Å². The van der Waals surface area contributed by atoms with Gasteiger partial charge in [0.15, 0.2) is 0 Å². The molecule has 0 unspecified atom stereocenters. The fraction of sp³-hybridized carbons (Fsp3) is 0.235. The predicted molar refractivity (Wildman–Crippen MR) is 101 cm³/mol. The van der Waals surface area contributed by atoms with Crippen molar-refractivity contribution < 1.29 is 19.1 Å². The van der Waals surface area contributed by atoms with Gasteiger partial charge in [-0.05, 0) is 43.0 Å². The molecule has 0 atom stereocenters. The molecule has 1 aromatic carbocycles. The Morgan fingerprint density at radius 3 is 2.62 bits per heavy atom. The number of imide groups is 1. The Kier molecular flexibility index (Phi) is 5.50. The lowest BCUT2D eigenvalue weighted by molar-refractivity contribution is 0.0937. The second-order valence-electron chi connectivity index (χ2n) is 5.59. The lowest BCUT2D eigenvalue weighted by Crippen LogP contribution is -2.31. The van der Waals surface area contributed by atoms with Crippen molar-refractivity contribution in [3.63, 3.8) is 0 Å². The molecular formula is C17H14Cl2N2O4S. The van der Waals surface area contributed by atoms with E-state index in [0.717, 1.165) is 23.3 Å². The highest BCUT2D eigenvalue weighted by Crippen LogP contribution is 2.39. The van der Waals surface area contributed by atoms with Crippen LogP contribution in [0.4, 0.5) is 9.80 Å². The fourth-order valence-corrected chi connectivity index (χ4v) is 4.56. The third kappa shape index (κ3) is 3.70. The van der Waals surface area contributed by atoms with Gasteiger partial charge in [-0.1, -0.05) is 23.2 Å². The number of nitrogens with one attached hydrogen (secondary N) is 2. The first kappa shape index (κ1) is 18.7. The molecular weight excluding hydrogens is 399 g/mol. The minimum Gasteiger partial charge on any atom is -0.453 e. The van der Waals surface area contributed by atoms with Gasteiger partial charge in [0.05, 0.1) is 23.3 Å². The summed E-state index contributed by atoms with van der Waals surface area (Å²) in [6.07, 6.45) is 1.62. The summed E-state index contributed by atoms with van der Waals surface area (Å²) in [5.41, 5.74) is 1.39. The second kappa shape index (κ2) is 7.65. The number of aryl methyl sites for hydroxylation is 1. The summed E-state index contributed by atoms with van der Waals surface area (Å²) in [5, 5.41) is 5.88. The minimum atomic E-state index is -0.856. The smallest absolute Gasteiger partial charge is 0.413 e. The highest BCUT2D eigenvalue weighted by molar-refractivity contribution is 7.17. The second-order valence-corrected chi connectivity index (χ2v) is 7.53. The van der Waals surface area contributed by atoms with Gasteiger partial charge in [0.25, 0.3) is 11.8 Å². The maximum Gasteiger partial charge on any atom is 0.413 e. The van der Waals surface area contributed by atoms with Crippen LogP contribution in [0.15, 0.2) is 18.2 Å². The Bertz CT molecular complexity index is 910. The maximum atomic E-state index is 12.6. The van der Waals surface area contributed by atoms with Crippen LogP contribution in [0.1, 0.15) is 37.6 Å². The van der Waals surface area contributed by atoms with Crippen molar-refractivity contribution in [3.8, 4) is 0 Å². The molecule has 1 aromatic heterocycles. The van der Waals surface area contributed by atoms with Crippen molar-refractivity contribution in [1.29, 1.82) is 0 Å². The molecule has 26 heavy (non-hydrogen) atoms. The van der Waals surface area contributed by atoms with Crippen LogP contribution in [0.25, 0.3) is 0 Å². The van der Waals surface area contributed by atoms with E-state index in [1.807, 2.05) is 0 Å². The van der Waals surface area contributed by atoms with E-state index in [-0.39, 0.29) is 10.6 Å². The third-order valence-corrected chi connectivity index (χ3v) is 5.71. The summed E-state index contributed by atoms with van der Waals surface area (Å²) in [6, 6.07) is 4.54. The molecule has 0 fully saturated rings. The molecule has 1 aliphatic carbocycles. The molecule has 2 aromatic rings. The molecule has 1 aliphatic rings. The van der Waals surface area contributed by atoms with E-state index in [0.29, 0.717) is 22.0 Å². The zero-order chi connectivity index (χ0) is 18.8. The zero-order valence-electron chi connectivity index (χ0n) is 13.7. The maximum absolute atomic E-state index is 12.6. The van der Waals surface area contributed by atoms with Gasteiger partial charge in [0, 0.05) is 9.90 Å². The molecule has 2 N–H and O–H groups in total. The predicted octanol–water partition coefficient (Wildman–Crippen LogP) is 4.29. The number of fused-ring (bicyclic) bond motifs is 1. The van der Waals surface area contributed by atoms with Crippen molar-refractivity contribution >= 4 is 57.4 Å². The summed E-state index contributed by atoms with van der Waals surface area (Å²) >= 11 is 13.3. The van der Waals surface area contributed by atoms with E-state index in [9.17, 15) is 14.4 Å². The van der Waals surface area contributed by atoms with Gasteiger partial charge in [-0.3, -0.25) is 14.9 Å². The summed E-state index contributed by atoms with van der Waals surface area (Å²) in [7, 11) is 1.17. The van der Waals surface area contributed by atoms with E-state index in [1.165, 1.54) is 30.6 Å². The van der Waals surface area contributed by atoms with Crippen molar-refractivity contribution in [2.45, 2.75) is 19.3 Å². The number of carbonyl (C=O) groups excluding carboxylic acids is 3. The van der Waals surface area contributed by atoms with Gasteiger partial charge in [-0.25, -0.2) is 4.79 Å². The standard InChI is InChI=1S/C17H14Cl2N2O4S/c1-25-17(24)21-15(23)13-10-3-2-4-12(10)26-16(13)20-14(22)9-6-5-8(18)7-11(9)19/h5-7H,2-4H2,1H3,(H,20,22)(H,21,23,24). The van der Waals surface area contributed by atoms with Crippen molar-refractivity contribution in [3.05, 3.63) is 49.8 Å². The number of thiophene rings is 1. The molecule has 0 aliphatic heterocycles. The molecule has 6 nitrogen and oxygen atoms in total. The van der Waals surface area contributed by atoms with Gasteiger partial charge < -0.3 is 10.1 Å². The van der Waals surface area contributed by atoms with Crippen molar-refractivity contribution in [2.75, 3.05) is 12.4 Å². The monoisotopic (exact) mass is 412 g/mol. The van der Waals surface area contributed by atoms with Gasteiger partial charge in [0.2, 0.25) is 0 Å². The molecule has 3 rings (SSSR count). The Morgan fingerprint density at radius 1 is 1.15 bits per heavy atom. The van der Waals surface area contributed by atoms with E-state index in [4.69, 9.17) is 23.2 Å². The van der Waals surface area contributed by atoms with E-state index in [1.54, 1.807) is 6.07 Å². The van der Waals surface area contributed by atoms with Gasteiger partial charge in [0.1, 0.15) is 5.00 Å². The van der Waals surface area contributed by atoms with Crippen LogP contribution < -0.4 is 10.6 Å². The number of hydrogen-bond donors (Lipinski definition) is 2. The molecule has 3 amide bonds. The van der Waals surface area contributed by atoms with Gasteiger partial charge in [-0.15, -0.1) is 11.3 Å². The minimum absolute atomic E-state index is 0.208. The van der Waals surface area contributed by atoms with E-state index < -0.39 is 17.9 Å². The number of rotatable bonds is 3. The SMILES string of the molecule is COC(=O)NC(=O)c1c(NC(=O)c2ccc(Cl)cc2Cl)sc2c1CCC2. The van der Waals surface area contributed by atoms with Crippen LogP contribution in [-0.4, -0.2) is 25.0 Å². The first-order valence-corrected chi connectivity index (χ1v) is 9.28. The number of alkyl carbamates (subject to hydrolysis) is 1. The summed E-state index contributed by atoms with van der Waals surface area (Å²) in [4.78, 5) is 37.5. The van der Waals surface area contributed by atoms with Crippen molar-refractivity contribution in [2.24, 2.45) is 0 Å². The number of halogens is 2. The molecule has 0 saturated carbocycles. The Morgan fingerprint density at radius 2 is 1.92 bits per heavy atom. The Balaban J connectivity index is 1.91. The van der Waals surface area contributed by atoms with Crippen LogP contribution in [0.5, 0.6) is 0 Å². The summed E-state index contributed by atoms with van der Waals surface area (Å²) < 4.78 is 4.47. The molecule has 9 heteroatoms. The first-order chi connectivity index (χ1) is 12.4. The largest absolute Gasteiger partial charge is 0.453 e. The third-order valence-electron chi connectivity index (χ3n) is 3.95. The highest BCUT2D eigenvalue weighted by Gasteiger charge is 2.29. The summed E-state index contributed by atoms with van der Waals surface area (Å²) in [6.45, 7) is 0. The lowest BCUT2D eigenvalue weighted by atomic mass is 10.1. The highest BCUT2D eigenvalue weighted by atomic mass is 35.5. The van der Waals surface area contributed by atoms with Crippen LogP contribution >= 0.6 is 34.5 Å². The number of amides is 3. The molecule has 136 valence electrons. The number of hydrogen-bond acceptors (Lipinski definition) is 5. The van der Waals surface area contributed by atoms with E-state index >= 15 is 0 Å². The molecule has 0 radical (unpaired) electrons. The molecule has 0 saturated heterocycles. The number of carbonyl (C=O) groups is 3. The average molecular weight is 413 g/mol. The quantitative estimate of drug-likeness (QED) is 0.786. The number of benzene rings is 1. The van der Waals surface area contributed by atoms with Crippen molar-refractivity contribution in [1.82, 2.24) is 5.32 Å². The van der Waals surface area contributed by atoms with Gasteiger partial charge in [-0.2, -0.15) is 0 Å². The normalized spacial score (nSPS) is 12.4. The summed E-state index contributed by atoms with van der Waals surface area (Å²) in [5.74, 6) is -1.06.